The van der Waals surface area contributed by atoms with Gasteiger partial charge in [-0.1, -0.05) is 12.1 Å². The fourth-order valence-corrected chi connectivity index (χ4v) is 3.13. The molecule has 0 bridgehead atoms. The van der Waals surface area contributed by atoms with Gasteiger partial charge in [0.15, 0.2) is 0 Å². The van der Waals surface area contributed by atoms with Crippen LogP contribution in [0.3, 0.4) is 0 Å². The maximum Gasteiger partial charge on any atom is 0.416 e. The predicted molar refractivity (Wildman–Crippen MR) is 105 cm³/mol. The average molecular weight is 469 g/mol. The first-order valence-electron chi connectivity index (χ1n) is 9.26. The predicted octanol–water partition coefficient (Wildman–Crippen LogP) is 3.28. The minimum Gasteiger partial charge on any atom is -0.481 e. The molecule has 0 aliphatic heterocycles. The van der Waals surface area contributed by atoms with Crippen LogP contribution in [0.4, 0.5) is 13.2 Å². The standard InChI is InChI=1S/C21H18F3NO8/c22-21(23,24)16-8-12(18(28)29)2-3-13(16)10-25(6-5-17(26)27)9-11-1-4-14(19(30)31)15(7-11)20(32)33/h1-4,7-8H,5-6,9-10H2,(H,26,27)(H,28,29)(H,30,31)(H,32,33). The van der Waals surface area contributed by atoms with Crippen molar-refractivity contribution in [2.45, 2.75) is 25.7 Å². The van der Waals surface area contributed by atoms with Gasteiger partial charge in [-0.05, 0) is 35.4 Å². The molecule has 2 aromatic carbocycles. The first-order valence-corrected chi connectivity index (χ1v) is 9.26. The summed E-state index contributed by atoms with van der Waals surface area (Å²) >= 11 is 0. The van der Waals surface area contributed by atoms with E-state index in [0.717, 1.165) is 24.3 Å². The first kappa shape index (κ1) is 25.3. The largest absolute Gasteiger partial charge is 0.481 e. The highest BCUT2D eigenvalue weighted by atomic mass is 19.4. The van der Waals surface area contributed by atoms with Crippen molar-refractivity contribution in [3.05, 3.63) is 69.8 Å². The summed E-state index contributed by atoms with van der Waals surface area (Å²) in [7, 11) is 0. The van der Waals surface area contributed by atoms with Crippen LogP contribution in [-0.4, -0.2) is 55.7 Å². The van der Waals surface area contributed by atoms with Crippen LogP contribution in [0.25, 0.3) is 0 Å². The molecule has 4 N–H and O–H groups in total. The van der Waals surface area contributed by atoms with E-state index in [0.29, 0.717) is 6.07 Å². The molecular weight excluding hydrogens is 451 g/mol. The third-order valence-corrected chi connectivity index (χ3v) is 4.65. The number of hydrogen-bond donors (Lipinski definition) is 4. The molecule has 176 valence electrons. The molecule has 0 saturated carbocycles. The number of nitrogens with zero attached hydrogens (tertiary/aromatic N) is 1. The van der Waals surface area contributed by atoms with Crippen molar-refractivity contribution in [3.8, 4) is 0 Å². The van der Waals surface area contributed by atoms with Gasteiger partial charge in [-0.2, -0.15) is 13.2 Å². The second-order valence-electron chi connectivity index (χ2n) is 7.02. The molecule has 0 aromatic heterocycles. The van der Waals surface area contributed by atoms with Gasteiger partial charge in [-0.15, -0.1) is 0 Å². The Morgan fingerprint density at radius 1 is 0.788 bits per heavy atom. The molecule has 0 heterocycles. The van der Waals surface area contributed by atoms with E-state index in [2.05, 4.69) is 0 Å². The highest BCUT2D eigenvalue weighted by molar-refractivity contribution is 6.01. The number of carboxylic acids is 4. The van der Waals surface area contributed by atoms with Crippen LogP contribution in [0.15, 0.2) is 36.4 Å². The molecule has 0 unspecified atom stereocenters. The fraction of sp³-hybridized carbons (Fsp3) is 0.238. The lowest BCUT2D eigenvalue weighted by Crippen LogP contribution is -2.27. The van der Waals surface area contributed by atoms with Crippen LogP contribution in [-0.2, 0) is 24.1 Å². The summed E-state index contributed by atoms with van der Waals surface area (Å²) in [5.41, 5.74) is -2.85. The van der Waals surface area contributed by atoms with Crippen molar-refractivity contribution in [2.75, 3.05) is 6.54 Å². The van der Waals surface area contributed by atoms with Crippen molar-refractivity contribution >= 4 is 23.9 Å². The lowest BCUT2D eigenvalue weighted by molar-refractivity contribution is -0.139. The molecular formula is C21H18F3NO8. The van der Waals surface area contributed by atoms with Gasteiger partial charge in [-0.3, -0.25) is 9.69 Å². The second kappa shape index (κ2) is 10.1. The first-order chi connectivity index (χ1) is 15.3. The summed E-state index contributed by atoms with van der Waals surface area (Å²) in [6.45, 7) is -0.826. The van der Waals surface area contributed by atoms with Gasteiger partial charge >= 0.3 is 30.1 Å². The number of hydrogen-bond acceptors (Lipinski definition) is 5. The minimum atomic E-state index is -4.88. The molecule has 12 heteroatoms. The summed E-state index contributed by atoms with van der Waals surface area (Å²) in [6, 6.07) is 5.83. The number of benzene rings is 2. The third kappa shape index (κ3) is 6.77. The van der Waals surface area contributed by atoms with Crippen LogP contribution in [0.2, 0.25) is 0 Å². The monoisotopic (exact) mass is 469 g/mol. The maximum absolute atomic E-state index is 13.5. The van der Waals surface area contributed by atoms with E-state index in [1.807, 2.05) is 0 Å². The lowest BCUT2D eigenvalue weighted by atomic mass is 10.0. The van der Waals surface area contributed by atoms with Crippen molar-refractivity contribution < 1.29 is 52.8 Å². The molecule has 9 nitrogen and oxygen atoms in total. The molecule has 0 fully saturated rings. The SMILES string of the molecule is O=C(O)CCN(Cc1ccc(C(=O)O)c(C(=O)O)c1)Cc1ccc(C(=O)O)cc1C(F)(F)F. The average Bonchev–Trinajstić information content (AvgIpc) is 2.70. The minimum absolute atomic E-state index is 0.189. The fourth-order valence-electron chi connectivity index (χ4n) is 3.13. The molecule has 0 aliphatic carbocycles. The highest BCUT2D eigenvalue weighted by Gasteiger charge is 2.34. The molecule has 33 heavy (non-hydrogen) atoms. The molecule has 0 aliphatic rings. The Kier molecular flexibility index (Phi) is 7.77. The van der Waals surface area contributed by atoms with E-state index in [9.17, 15) is 37.5 Å². The summed E-state index contributed by atoms with van der Waals surface area (Å²) in [5.74, 6) is -5.76. The quantitative estimate of drug-likeness (QED) is 0.411. The summed E-state index contributed by atoms with van der Waals surface area (Å²) in [6.07, 6.45) is -5.31. The zero-order valence-corrected chi connectivity index (χ0v) is 16.8. The molecule has 0 spiro atoms. The maximum atomic E-state index is 13.5. The Bertz CT molecular complexity index is 1100. The van der Waals surface area contributed by atoms with Crippen LogP contribution < -0.4 is 0 Å². The Morgan fingerprint density at radius 2 is 1.42 bits per heavy atom. The number of halogens is 3. The number of rotatable bonds is 10. The van der Waals surface area contributed by atoms with Gasteiger partial charge < -0.3 is 20.4 Å². The van der Waals surface area contributed by atoms with E-state index in [-0.39, 0.29) is 24.2 Å². The number of carbonyl (C=O) groups is 4. The normalized spacial score (nSPS) is 11.4. The van der Waals surface area contributed by atoms with Gasteiger partial charge in [0, 0.05) is 19.6 Å². The molecule has 0 saturated heterocycles. The smallest absolute Gasteiger partial charge is 0.416 e. The van der Waals surface area contributed by atoms with E-state index in [4.69, 9.17) is 15.3 Å². The number of alkyl halides is 3. The molecule has 0 radical (unpaired) electrons. The van der Waals surface area contributed by atoms with Crippen LogP contribution in [0.1, 0.15) is 54.2 Å². The van der Waals surface area contributed by atoms with Gasteiger partial charge in [-0.25, -0.2) is 14.4 Å². The van der Waals surface area contributed by atoms with Gasteiger partial charge in [0.1, 0.15) is 0 Å². The third-order valence-electron chi connectivity index (χ3n) is 4.65. The Hall–Kier alpha value is -3.93. The number of carboxylic acid groups (broad SMARTS) is 4. The van der Waals surface area contributed by atoms with Crippen molar-refractivity contribution in [2.24, 2.45) is 0 Å². The summed E-state index contributed by atoms with van der Waals surface area (Å²) in [5, 5.41) is 36.3. The van der Waals surface area contributed by atoms with Crippen LogP contribution in [0, 0.1) is 0 Å². The van der Waals surface area contributed by atoms with Crippen molar-refractivity contribution in [3.63, 3.8) is 0 Å². The zero-order chi connectivity index (χ0) is 24.9. The van der Waals surface area contributed by atoms with Crippen molar-refractivity contribution in [1.82, 2.24) is 4.90 Å². The molecule has 0 atom stereocenters. The van der Waals surface area contributed by atoms with E-state index < -0.39 is 65.3 Å². The Balaban J connectivity index is 2.43. The lowest BCUT2D eigenvalue weighted by Gasteiger charge is -2.24. The Labute approximate surface area is 184 Å². The van der Waals surface area contributed by atoms with Crippen molar-refractivity contribution in [1.29, 1.82) is 0 Å². The molecule has 2 aromatic rings. The van der Waals surface area contributed by atoms with Gasteiger partial charge in [0.05, 0.1) is 28.7 Å². The van der Waals surface area contributed by atoms with E-state index in [1.165, 1.54) is 11.0 Å². The summed E-state index contributed by atoms with van der Waals surface area (Å²) in [4.78, 5) is 46.0. The van der Waals surface area contributed by atoms with Gasteiger partial charge in [0.2, 0.25) is 0 Å². The number of aromatic carboxylic acids is 3. The topological polar surface area (TPSA) is 152 Å². The highest BCUT2D eigenvalue weighted by Crippen LogP contribution is 2.33. The Morgan fingerprint density at radius 3 is 1.94 bits per heavy atom. The molecule has 2 rings (SSSR count). The molecule has 0 amide bonds. The van der Waals surface area contributed by atoms with E-state index in [1.54, 1.807) is 0 Å². The number of aliphatic carboxylic acids is 1. The van der Waals surface area contributed by atoms with E-state index >= 15 is 0 Å². The summed E-state index contributed by atoms with van der Waals surface area (Å²) < 4.78 is 40.6. The van der Waals surface area contributed by atoms with Crippen LogP contribution >= 0.6 is 0 Å². The zero-order valence-electron chi connectivity index (χ0n) is 16.8. The second-order valence-corrected chi connectivity index (χ2v) is 7.02. The van der Waals surface area contributed by atoms with Crippen LogP contribution in [0.5, 0.6) is 0 Å². The van der Waals surface area contributed by atoms with Gasteiger partial charge in [0.25, 0.3) is 0 Å².